The number of nitrogens with one attached hydrogen (secondary N) is 1. The van der Waals surface area contributed by atoms with Crippen LogP contribution in [0.1, 0.15) is 51.5 Å². The summed E-state index contributed by atoms with van der Waals surface area (Å²) in [7, 11) is 1.69. The Morgan fingerprint density at radius 3 is 2.52 bits per heavy atom. The summed E-state index contributed by atoms with van der Waals surface area (Å²) >= 11 is 3.65. The average molecular weight is 356 g/mol. The highest BCUT2D eigenvalue weighted by Gasteiger charge is 2.15. The number of benzene rings is 1. The van der Waals surface area contributed by atoms with Gasteiger partial charge in [-0.1, -0.05) is 35.2 Å². The second kappa shape index (κ2) is 8.04. The molecule has 1 aliphatic carbocycles. The van der Waals surface area contributed by atoms with Crippen LogP contribution in [-0.2, 0) is 6.54 Å². The third kappa shape index (κ3) is 4.89. The third-order valence-corrected chi connectivity index (χ3v) is 4.62. The van der Waals surface area contributed by atoms with Crippen LogP contribution < -0.4 is 14.8 Å². The smallest absolute Gasteiger partial charge is 0.162 e. The molecule has 21 heavy (non-hydrogen) atoms. The second-order valence-corrected chi connectivity index (χ2v) is 6.83. The minimum atomic E-state index is 0.136. The molecule has 1 aromatic carbocycles. The van der Waals surface area contributed by atoms with Gasteiger partial charge in [0.2, 0.25) is 0 Å². The maximum Gasteiger partial charge on any atom is 0.162 e. The zero-order valence-electron chi connectivity index (χ0n) is 13.2. The molecule has 1 aromatic rings. The Bertz CT molecular complexity index is 456. The standard InChI is InChI=1S/C17H26BrNO2/c1-12(2)21-17-10-15(18)13(9-16(17)20-3)11-19-14-7-5-4-6-8-14/h9-10,12,14,19H,4-8,11H2,1-3H3. The van der Waals surface area contributed by atoms with E-state index in [0.717, 1.165) is 22.5 Å². The van der Waals surface area contributed by atoms with Gasteiger partial charge in [-0.2, -0.15) is 0 Å². The molecule has 0 atom stereocenters. The van der Waals surface area contributed by atoms with Crippen LogP contribution in [0, 0.1) is 0 Å². The number of halogens is 1. The van der Waals surface area contributed by atoms with Gasteiger partial charge in [-0.05, 0) is 44.4 Å². The van der Waals surface area contributed by atoms with Crippen molar-refractivity contribution < 1.29 is 9.47 Å². The first kappa shape index (κ1) is 16.6. The summed E-state index contributed by atoms with van der Waals surface area (Å²) in [5.41, 5.74) is 1.22. The van der Waals surface area contributed by atoms with Gasteiger partial charge >= 0.3 is 0 Å². The Balaban J connectivity index is 2.04. The van der Waals surface area contributed by atoms with E-state index in [1.54, 1.807) is 7.11 Å². The molecule has 3 nitrogen and oxygen atoms in total. The zero-order valence-corrected chi connectivity index (χ0v) is 14.8. The van der Waals surface area contributed by atoms with E-state index in [4.69, 9.17) is 9.47 Å². The van der Waals surface area contributed by atoms with Gasteiger partial charge in [0.05, 0.1) is 13.2 Å². The summed E-state index contributed by atoms with van der Waals surface area (Å²) in [4.78, 5) is 0. The van der Waals surface area contributed by atoms with Crippen LogP contribution >= 0.6 is 15.9 Å². The van der Waals surface area contributed by atoms with Crippen molar-refractivity contribution in [3.05, 3.63) is 22.2 Å². The van der Waals surface area contributed by atoms with E-state index < -0.39 is 0 Å². The first-order valence-electron chi connectivity index (χ1n) is 7.86. The van der Waals surface area contributed by atoms with Crippen molar-refractivity contribution >= 4 is 15.9 Å². The Labute approximate surface area is 136 Å². The molecule has 0 saturated heterocycles. The lowest BCUT2D eigenvalue weighted by Crippen LogP contribution is -2.30. The van der Waals surface area contributed by atoms with Gasteiger partial charge in [0, 0.05) is 17.1 Å². The minimum absolute atomic E-state index is 0.136. The lowest BCUT2D eigenvalue weighted by Gasteiger charge is -2.23. The molecule has 2 rings (SSSR count). The highest BCUT2D eigenvalue weighted by atomic mass is 79.9. The molecule has 1 saturated carbocycles. The van der Waals surface area contributed by atoms with E-state index in [-0.39, 0.29) is 6.10 Å². The highest BCUT2D eigenvalue weighted by molar-refractivity contribution is 9.10. The van der Waals surface area contributed by atoms with Crippen molar-refractivity contribution in [3.63, 3.8) is 0 Å². The summed E-state index contributed by atoms with van der Waals surface area (Å²) in [6, 6.07) is 4.73. The monoisotopic (exact) mass is 355 g/mol. The molecule has 0 amide bonds. The number of methoxy groups -OCH3 is 1. The SMILES string of the molecule is COc1cc(CNC2CCCCC2)c(Br)cc1OC(C)C. The predicted octanol–water partition coefficient (Wildman–Crippen LogP) is 4.67. The highest BCUT2D eigenvalue weighted by Crippen LogP contribution is 2.34. The summed E-state index contributed by atoms with van der Waals surface area (Å²) < 4.78 is 12.3. The van der Waals surface area contributed by atoms with Crippen molar-refractivity contribution in [1.82, 2.24) is 5.32 Å². The lowest BCUT2D eigenvalue weighted by molar-refractivity contribution is 0.230. The number of ether oxygens (including phenoxy) is 2. The van der Waals surface area contributed by atoms with Gasteiger partial charge in [0.25, 0.3) is 0 Å². The molecular weight excluding hydrogens is 330 g/mol. The molecule has 0 aromatic heterocycles. The normalized spacial score (nSPS) is 16.2. The molecule has 0 unspecified atom stereocenters. The molecule has 0 spiro atoms. The van der Waals surface area contributed by atoms with Gasteiger partial charge < -0.3 is 14.8 Å². The van der Waals surface area contributed by atoms with E-state index in [9.17, 15) is 0 Å². The van der Waals surface area contributed by atoms with E-state index in [1.807, 2.05) is 19.9 Å². The van der Waals surface area contributed by atoms with Crippen LogP contribution in [0.25, 0.3) is 0 Å². The molecule has 0 bridgehead atoms. The molecule has 1 N–H and O–H groups in total. The van der Waals surface area contributed by atoms with Crippen LogP contribution in [0.3, 0.4) is 0 Å². The minimum Gasteiger partial charge on any atom is -0.493 e. The molecule has 0 radical (unpaired) electrons. The Morgan fingerprint density at radius 1 is 1.19 bits per heavy atom. The zero-order chi connectivity index (χ0) is 15.2. The van der Waals surface area contributed by atoms with Crippen LogP contribution in [0.5, 0.6) is 11.5 Å². The summed E-state index contributed by atoms with van der Waals surface area (Å²) in [5, 5.41) is 3.66. The summed E-state index contributed by atoms with van der Waals surface area (Å²) in [5.74, 6) is 1.59. The molecule has 1 fully saturated rings. The Morgan fingerprint density at radius 2 is 1.90 bits per heavy atom. The van der Waals surface area contributed by atoms with Crippen LogP contribution in [0.4, 0.5) is 0 Å². The maximum atomic E-state index is 5.79. The van der Waals surface area contributed by atoms with Crippen LogP contribution in [0.2, 0.25) is 0 Å². The Hall–Kier alpha value is -0.740. The number of hydrogen-bond donors (Lipinski definition) is 1. The van der Waals surface area contributed by atoms with Crippen LogP contribution in [-0.4, -0.2) is 19.3 Å². The fourth-order valence-corrected chi connectivity index (χ4v) is 3.24. The summed E-state index contributed by atoms with van der Waals surface area (Å²) in [6.07, 6.45) is 6.81. The second-order valence-electron chi connectivity index (χ2n) is 5.98. The van der Waals surface area contributed by atoms with Crippen molar-refractivity contribution in [1.29, 1.82) is 0 Å². The fraction of sp³-hybridized carbons (Fsp3) is 0.647. The maximum absolute atomic E-state index is 5.79. The van der Waals surface area contributed by atoms with Gasteiger partial charge in [0.1, 0.15) is 0 Å². The number of rotatable bonds is 6. The van der Waals surface area contributed by atoms with E-state index in [1.165, 1.54) is 37.7 Å². The van der Waals surface area contributed by atoms with Gasteiger partial charge in [0.15, 0.2) is 11.5 Å². The topological polar surface area (TPSA) is 30.5 Å². The van der Waals surface area contributed by atoms with Crippen molar-refractivity contribution in [2.75, 3.05) is 7.11 Å². The first-order valence-corrected chi connectivity index (χ1v) is 8.66. The third-order valence-electron chi connectivity index (χ3n) is 3.88. The molecule has 0 aliphatic heterocycles. The van der Waals surface area contributed by atoms with Crippen LogP contribution in [0.15, 0.2) is 16.6 Å². The molecule has 0 heterocycles. The fourth-order valence-electron chi connectivity index (χ4n) is 2.78. The average Bonchev–Trinajstić information content (AvgIpc) is 2.47. The quantitative estimate of drug-likeness (QED) is 0.804. The molecule has 118 valence electrons. The van der Waals surface area contributed by atoms with E-state index in [0.29, 0.717) is 6.04 Å². The van der Waals surface area contributed by atoms with Gasteiger partial charge in [-0.25, -0.2) is 0 Å². The summed E-state index contributed by atoms with van der Waals surface area (Å²) in [6.45, 7) is 4.90. The van der Waals surface area contributed by atoms with Crippen molar-refractivity contribution in [2.45, 2.75) is 64.6 Å². The van der Waals surface area contributed by atoms with Crippen molar-refractivity contribution in [2.24, 2.45) is 0 Å². The van der Waals surface area contributed by atoms with E-state index >= 15 is 0 Å². The number of hydrogen-bond acceptors (Lipinski definition) is 3. The van der Waals surface area contributed by atoms with Crippen molar-refractivity contribution in [3.8, 4) is 11.5 Å². The molecule has 4 heteroatoms. The largest absolute Gasteiger partial charge is 0.493 e. The predicted molar refractivity (Wildman–Crippen MR) is 90.2 cm³/mol. The van der Waals surface area contributed by atoms with Gasteiger partial charge in [-0.15, -0.1) is 0 Å². The Kier molecular flexibility index (Phi) is 6.37. The molecular formula is C17H26BrNO2. The van der Waals surface area contributed by atoms with E-state index in [2.05, 4.69) is 27.3 Å². The van der Waals surface area contributed by atoms with Gasteiger partial charge in [-0.3, -0.25) is 0 Å². The molecule has 1 aliphatic rings. The lowest BCUT2D eigenvalue weighted by atomic mass is 9.95. The first-order chi connectivity index (χ1) is 10.1.